The van der Waals surface area contributed by atoms with E-state index in [1.165, 1.54) is 12.1 Å². The molecule has 1 atom stereocenters. The number of rotatable bonds is 2. The highest BCUT2D eigenvalue weighted by molar-refractivity contribution is 5.14. The van der Waals surface area contributed by atoms with Crippen LogP contribution in [0.4, 0.5) is 0 Å². The van der Waals surface area contributed by atoms with Crippen LogP contribution in [-0.4, -0.2) is 55.7 Å². The molecule has 0 saturated carbocycles. The first-order valence-corrected chi connectivity index (χ1v) is 6.39. The Hall–Kier alpha value is -0.900. The molecule has 17 heavy (non-hydrogen) atoms. The van der Waals surface area contributed by atoms with Gasteiger partial charge >= 0.3 is 0 Å². The van der Waals surface area contributed by atoms with Gasteiger partial charge in [0.2, 0.25) is 0 Å². The van der Waals surface area contributed by atoms with E-state index < -0.39 is 0 Å². The monoisotopic (exact) mass is 234 g/mol. The molecular formula is C14H24N3+. The fourth-order valence-corrected chi connectivity index (χ4v) is 2.60. The van der Waals surface area contributed by atoms with Gasteiger partial charge < -0.3 is 10.2 Å². The van der Waals surface area contributed by atoms with Crippen molar-refractivity contribution in [1.82, 2.24) is 4.90 Å². The lowest BCUT2D eigenvalue weighted by molar-refractivity contribution is -0.888. The topological polar surface area (TPSA) is 29.3 Å². The van der Waals surface area contributed by atoms with Crippen LogP contribution in [0.5, 0.6) is 0 Å². The van der Waals surface area contributed by atoms with Gasteiger partial charge in [-0.15, -0.1) is 0 Å². The highest BCUT2D eigenvalue weighted by Crippen LogP contribution is 2.10. The highest BCUT2D eigenvalue weighted by Gasteiger charge is 2.26. The van der Waals surface area contributed by atoms with Crippen LogP contribution in [0.3, 0.4) is 0 Å². The minimum absolute atomic E-state index is 0.288. The fourth-order valence-electron chi connectivity index (χ4n) is 2.60. The summed E-state index contributed by atoms with van der Waals surface area (Å²) in [6, 6.07) is 10.9. The largest absolute Gasteiger partial charge is 0.326 e. The zero-order valence-corrected chi connectivity index (χ0v) is 11.0. The lowest BCUT2D eigenvalue weighted by atomic mass is 10.2. The summed E-state index contributed by atoms with van der Waals surface area (Å²) in [7, 11) is 4.54. The molecule has 3 heteroatoms. The summed E-state index contributed by atoms with van der Waals surface area (Å²) in [5, 5.41) is 0. The van der Waals surface area contributed by atoms with Gasteiger partial charge in [-0.05, 0) is 5.56 Å². The first kappa shape index (κ1) is 12.6. The van der Waals surface area contributed by atoms with Gasteiger partial charge in [-0.25, -0.2) is 0 Å². The van der Waals surface area contributed by atoms with E-state index in [-0.39, 0.29) is 6.04 Å². The Morgan fingerprint density at radius 2 is 2.00 bits per heavy atom. The van der Waals surface area contributed by atoms with Crippen molar-refractivity contribution in [2.24, 2.45) is 5.73 Å². The Balaban J connectivity index is 1.98. The van der Waals surface area contributed by atoms with Crippen molar-refractivity contribution in [3.63, 3.8) is 0 Å². The van der Waals surface area contributed by atoms with Gasteiger partial charge in [-0.2, -0.15) is 0 Å². The first-order valence-electron chi connectivity index (χ1n) is 6.39. The van der Waals surface area contributed by atoms with Crippen LogP contribution in [0.1, 0.15) is 5.56 Å². The van der Waals surface area contributed by atoms with E-state index in [4.69, 9.17) is 5.73 Å². The van der Waals surface area contributed by atoms with Gasteiger partial charge in [0, 0.05) is 19.6 Å². The van der Waals surface area contributed by atoms with Crippen LogP contribution in [0.25, 0.3) is 0 Å². The van der Waals surface area contributed by atoms with E-state index in [9.17, 15) is 0 Å². The van der Waals surface area contributed by atoms with E-state index in [1.54, 1.807) is 0 Å². The van der Waals surface area contributed by atoms with Gasteiger partial charge in [0.05, 0.1) is 33.2 Å². The van der Waals surface area contributed by atoms with Crippen molar-refractivity contribution in [3.05, 3.63) is 35.9 Å². The van der Waals surface area contributed by atoms with Gasteiger partial charge in [0.15, 0.2) is 0 Å². The van der Waals surface area contributed by atoms with Gasteiger partial charge in [0.25, 0.3) is 0 Å². The molecule has 1 unspecified atom stereocenters. The zero-order valence-electron chi connectivity index (χ0n) is 11.0. The maximum Gasteiger partial charge on any atom is 0.0949 e. The van der Waals surface area contributed by atoms with E-state index >= 15 is 0 Å². The van der Waals surface area contributed by atoms with Crippen molar-refractivity contribution in [2.45, 2.75) is 12.6 Å². The van der Waals surface area contributed by atoms with Crippen LogP contribution >= 0.6 is 0 Å². The van der Waals surface area contributed by atoms with Crippen LogP contribution < -0.4 is 5.73 Å². The molecule has 0 aliphatic carbocycles. The van der Waals surface area contributed by atoms with E-state index in [1.807, 2.05) is 0 Å². The number of nitrogens with zero attached hydrogens (tertiary/aromatic N) is 2. The molecule has 1 aliphatic heterocycles. The van der Waals surface area contributed by atoms with Crippen molar-refractivity contribution >= 4 is 0 Å². The molecule has 1 heterocycles. The molecule has 3 nitrogen and oxygen atoms in total. The van der Waals surface area contributed by atoms with Gasteiger partial charge in [-0.1, -0.05) is 30.3 Å². The zero-order chi connectivity index (χ0) is 12.3. The summed E-state index contributed by atoms with van der Waals surface area (Å²) in [6.07, 6.45) is 0. The smallest absolute Gasteiger partial charge is 0.0949 e. The van der Waals surface area contributed by atoms with Crippen LogP contribution in [0.2, 0.25) is 0 Å². The number of nitrogens with two attached hydrogens (primary N) is 1. The summed E-state index contributed by atoms with van der Waals surface area (Å²) in [5.74, 6) is 0. The average Bonchev–Trinajstić information content (AvgIpc) is 2.38. The Bertz CT molecular complexity index is 348. The molecule has 1 aromatic rings. The van der Waals surface area contributed by atoms with Crippen molar-refractivity contribution in [2.75, 3.05) is 40.3 Å². The van der Waals surface area contributed by atoms with Crippen LogP contribution in [0.15, 0.2) is 30.3 Å². The van der Waals surface area contributed by atoms with Crippen molar-refractivity contribution in [1.29, 1.82) is 0 Å². The standard InChI is InChI=1S/C14H24N3/c1-17(2)9-8-16(11-14(15)12-17)10-13-6-4-3-5-7-13/h3-7,14H,8-12,15H2,1-2H3/q+1. The molecule has 1 saturated heterocycles. The molecule has 1 aliphatic rings. The highest BCUT2D eigenvalue weighted by atomic mass is 15.3. The van der Waals surface area contributed by atoms with Crippen LogP contribution in [-0.2, 0) is 6.54 Å². The molecule has 2 N–H and O–H groups in total. The minimum Gasteiger partial charge on any atom is -0.326 e. The third-order valence-electron chi connectivity index (χ3n) is 3.49. The predicted molar refractivity (Wildman–Crippen MR) is 71.5 cm³/mol. The Morgan fingerprint density at radius 3 is 2.71 bits per heavy atom. The maximum absolute atomic E-state index is 6.20. The predicted octanol–water partition coefficient (Wildman–Crippen LogP) is 0.906. The third kappa shape index (κ3) is 3.80. The second-order valence-corrected chi connectivity index (χ2v) is 5.82. The van der Waals surface area contributed by atoms with E-state index in [0.29, 0.717) is 0 Å². The fraction of sp³-hybridized carbons (Fsp3) is 0.571. The molecule has 2 rings (SSSR count). The maximum atomic E-state index is 6.20. The second kappa shape index (κ2) is 5.17. The molecule has 0 spiro atoms. The molecular weight excluding hydrogens is 210 g/mol. The Morgan fingerprint density at radius 1 is 1.29 bits per heavy atom. The number of hydrogen-bond acceptors (Lipinski definition) is 2. The Labute approximate surface area is 104 Å². The molecule has 0 bridgehead atoms. The summed E-state index contributed by atoms with van der Waals surface area (Å²) < 4.78 is 1.03. The lowest BCUT2D eigenvalue weighted by Gasteiger charge is -2.29. The first-order chi connectivity index (χ1) is 8.05. The van der Waals surface area contributed by atoms with Gasteiger partial charge in [0.1, 0.15) is 0 Å². The summed E-state index contributed by atoms with van der Waals surface area (Å²) in [6.45, 7) is 5.42. The summed E-state index contributed by atoms with van der Waals surface area (Å²) in [4.78, 5) is 2.48. The molecule has 94 valence electrons. The Kier molecular flexibility index (Phi) is 3.82. The minimum atomic E-state index is 0.288. The normalized spacial score (nSPS) is 25.5. The SMILES string of the molecule is C[N+]1(C)CCN(Cc2ccccc2)CC(N)C1. The molecule has 0 amide bonds. The van der Waals surface area contributed by atoms with Crippen molar-refractivity contribution < 1.29 is 4.48 Å². The molecule has 1 fully saturated rings. The number of quaternary nitrogens is 1. The molecule has 0 radical (unpaired) electrons. The van der Waals surface area contributed by atoms with E-state index in [0.717, 1.165) is 30.7 Å². The number of benzene rings is 1. The summed E-state index contributed by atoms with van der Waals surface area (Å²) >= 11 is 0. The third-order valence-corrected chi connectivity index (χ3v) is 3.49. The van der Waals surface area contributed by atoms with Crippen LogP contribution in [0, 0.1) is 0 Å². The molecule has 0 aromatic heterocycles. The van der Waals surface area contributed by atoms with Gasteiger partial charge in [-0.3, -0.25) is 4.90 Å². The average molecular weight is 234 g/mol. The number of hydrogen-bond donors (Lipinski definition) is 1. The lowest BCUT2D eigenvalue weighted by Crippen LogP contribution is -2.48. The quantitative estimate of drug-likeness (QED) is 0.771. The second-order valence-electron chi connectivity index (χ2n) is 5.82. The molecule has 1 aromatic carbocycles. The summed E-state index contributed by atoms with van der Waals surface area (Å²) in [5.41, 5.74) is 7.58. The number of likely N-dealkylation sites (N-methyl/N-ethyl adjacent to an activating group) is 1. The van der Waals surface area contributed by atoms with Crippen molar-refractivity contribution in [3.8, 4) is 0 Å². The van der Waals surface area contributed by atoms with E-state index in [2.05, 4.69) is 49.3 Å².